The lowest BCUT2D eigenvalue weighted by atomic mass is 10.0. The SMILES string of the molecule is FC(F)(F)c1ccc(C2OCCO2)c(C(F)(F)F)c1. The van der Waals surface area contributed by atoms with E-state index in [0.29, 0.717) is 6.07 Å². The molecule has 1 aliphatic heterocycles. The normalized spacial score (nSPS) is 18.0. The third kappa shape index (κ3) is 3.01. The molecule has 0 radical (unpaired) electrons. The first kappa shape index (κ1) is 14.1. The molecule has 0 aliphatic carbocycles. The Morgan fingerprint density at radius 3 is 1.95 bits per heavy atom. The molecule has 0 unspecified atom stereocenters. The smallest absolute Gasteiger partial charge is 0.346 e. The van der Waals surface area contributed by atoms with Crippen molar-refractivity contribution in [3.8, 4) is 0 Å². The number of hydrogen-bond donors (Lipinski definition) is 0. The quantitative estimate of drug-likeness (QED) is 0.732. The average molecular weight is 286 g/mol. The van der Waals surface area contributed by atoms with Crippen molar-refractivity contribution in [3.63, 3.8) is 0 Å². The Hall–Kier alpha value is -1.28. The molecule has 8 heteroatoms. The van der Waals surface area contributed by atoms with Crippen molar-refractivity contribution in [2.45, 2.75) is 18.6 Å². The molecule has 106 valence electrons. The number of halogens is 6. The second-order valence-corrected chi connectivity index (χ2v) is 3.87. The molecule has 0 N–H and O–H groups in total. The number of rotatable bonds is 1. The van der Waals surface area contributed by atoms with Gasteiger partial charge in [-0.15, -0.1) is 0 Å². The van der Waals surface area contributed by atoms with Crippen LogP contribution in [0.3, 0.4) is 0 Å². The lowest BCUT2D eigenvalue weighted by Crippen LogP contribution is -2.15. The predicted molar refractivity (Wildman–Crippen MR) is 51.1 cm³/mol. The van der Waals surface area contributed by atoms with Crippen molar-refractivity contribution in [1.82, 2.24) is 0 Å². The van der Waals surface area contributed by atoms with Crippen LogP contribution in [0.25, 0.3) is 0 Å². The highest BCUT2D eigenvalue weighted by Crippen LogP contribution is 2.40. The van der Waals surface area contributed by atoms with Gasteiger partial charge in [-0.05, 0) is 12.1 Å². The summed E-state index contributed by atoms with van der Waals surface area (Å²) in [5, 5.41) is 0. The van der Waals surface area contributed by atoms with E-state index in [0.717, 1.165) is 6.07 Å². The van der Waals surface area contributed by atoms with E-state index in [-0.39, 0.29) is 19.3 Å². The Morgan fingerprint density at radius 1 is 0.895 bits per heavy atom. The minimum atomic E-state index is -4.91. The molecule has 1 aromatic carbocycles. The van der Waals surface area contributed by atoms with Gasteiger partial charge >= 0.3 is 12.4 Å². The zero-order valence-electron chi connectivity index (χ0n) is 9.31. The van der Waals surface area contributed by atoms with Crippen LogP contribution in [0.2, 0.25) is 0 Å². The summed E-state index contributed by atoms with van der Waals surface area (Å²) in [6, 6.07) is 1.39. The lowest BCUT2D eigenvalue weighted by molar-refractivity contribution is -0.146. The van der Waals surface area contributed by atoms with Crippen LogP contribution in [0.15, 0.2) is 18.2 Å². The maximum atomic E-state index is 12.8. The van der Waals surface area contributed by atoms with Gasteiger partial charge in [-0.2, -0.15) is 26.3 Å². The average Bonchev–Trinajstić information content (AvgIpc) is 2.79. The molecule has 2 rings (SSSR count). The highest BCUT2D eigenvalue weighted by atomic mass is 19.4. The first-order chi connectivity index (χ1) is 8.69. The van der Waals surface area contributed by atoms with Crippen molar-refractivity contribution >= 4 is 0 Å². The van der Waals surface area contributed by atoms with Crippen LogP contribution in [0.5, 0.6) is 0 Å². The Bertz CT molecular complexity index is 459. The van der Waals surface area contributed by atoms with Gasteiger partial charge in [0, 0.05) is 5.56 Å². The summed E-state index contributed by atoms with van der Waals surface area (Å²) in [5.41, 5.74) is -3.20. The van der Waals surface area contributed by atoms with Crippen LogP contribution in [-0.4, -0.2) is 13.2 Å². The molecule has 2 nitrogen and oxygen atoms in total. The molecule has 0 spiro atoms. The molecule has 1 fully saturated rings. The van der Waals surface area contributed by atoms with Gasteiger partial charge in [0.05, 0.1) is 24.3 Å². The second kappa shape index (κ2) is 4.68. The van der Waals surface area contributed by atoms with E-state index >= 15 is 0 Å². The largest absolute Gasteiger partial charge is 0.416 e. The monoisotopic (exact) mass is 286 g/mol. The maximum Gasteiger partial charge on any atom is 0.416 e. The second-order valence-electron chi connectivity index (χ2n) is 3.87. The van der Waals surface area contributed by atoms with E-state index in [4.69, 9.17) is 9.47 Å². The Balaban J connectivity index is 2.49. The molecule has 1 aliphatic rings. The van der Waals surface area contributed by atoms with Gasteiger partial charge in [-0.25, -0.2) is 0 Å². The minimum absolute atomic E-state index is 0.0698. The van der Waals surface area contributed by atoms with Crippen molar-refractivity contribution in [1.29, 1.82) is 0 Å². The molecule has 1 heterocycles. The van der Waals surface area contributed by atoms with Gasteiger partial charge < -0.3 is 9.47 Å². The summed E-state index contributed by atoms with van der Waals surface area (Å²) in [7, 11) is 0. The van der Waals surface area contributed by atoms with Crippen LogP contribution in [0, 0.1) is 0 Å². The van der Waals surface area contributed by atoms with Gasteiger partial charge in [0.25, 0.3) is 0 Å². The van der Waals surface area contributed by atoms with E-state index in [9.17, 15) is 26.3 Å². The fourth-order valence-electron chi connectivity index (χ4n) is 1.72. The molecular formula is C11H8F6O2. The van der Waals surface area contributed by atoms with E-state index in [1.54, 1.807) is 0 Å². The summed E-state index contributed by atoms with van der Waals surface area (Å²) in [6.07, 6.45) is -11.0. The van der Waals surface area contributed by atoms with Crippen molar-refractivity contribution in [3.05, 3.63) is 34.9 Å². The molecule has 0 aromatic heterocycles. The molecule has 19 heavy (non-hydrogen) atoms. The van der Waals surface area contributed by atoms with Gasteiger partial charge in [-0.1, -0.05) is 6.07 Å². The Labute approximate surface area is 103 Å². The summed E-state index contributed by atoms with van der Waals surface area (Å²) >= 11 is 0. The minimum Gasteiger partial charge on any atom is -0.346 e. The van der Waals surface area contributed by atoms with Crippen LogP contribution in [-0.2, 0) is 21.8 Å². The van der Waals surface area contributed by atoms with Crippen LogP contribution in [0.1, 0.15) is 23.0 Å². The summed E-state index contributed by atoms with van der Waals surface area (Å²) in [5.74, 6) is 0. The van der Waals surface area contributed by atoms with E-state index in [2.05, 4.69) is 0 Å². The number of hydrogen-bond acceptors (Lipinski definition) is 2. The Kier molecular flexibility index (Phi) is 3.48. The molecular weight excluding hydrogens is 278 g/mol. The van der Waals surface area contributed by atoms with Crippen molar-refractivity contribution in [2.24, 2.45) is 0 Å². The van der Waals surface area contributed by atoms with Gasteiger partial charge in [-0.3, -0.25) is 0 Å². The van der Waals surface area contributed by atoms with Crippen LogP contribution in [0.4, 0.5) is 26.3 Å². The maximum absolute atomic E-state index is 12.8. The molecule has 0 amide bonds. The fraction of sp³-hybridized carbons (Fsp3) is 0.455. The highest BCUT2D eigenvalue weighted by Gasteiger charge is 2.40. The Morgan fingerprint density at radius 2 is 1.47 bits per heavy atom. The molecule has 0 bridgehead atoms. The summed E-state index contributed by atoms with van der Waals surface area (Å²) in [6.45, 7) is 0.200. The van der Waals surface area contributed by atoms with Crippen LogP contribution >= 0.6 is 0 Å². The number of ether oxygens (including phenoxy) is 2. The number of alkyl halides is 6. The van der Waals surface area contributed by atoms with Crippen LogP contribution < -0.4 is 0 Å². The lowest BCUT2D eigenvalue weighted by Gasteiger charge is -2.18. The molecule has 1 saturated heterocycles. The predicted octanol–water partition coefficient (Wildman–Crippen LogP) is 3.77. The standard InChI is InChI=1S/C11H8F6O2/c12-10(13,14)6-1-2-7(9-18-3-4-19-9)8(5-6)11(15,16)17/h1-2,5,9H,3-4H2. The summed E-state index contributed by atoms with van der Waals surface area (Å²) < 4.78 is 85.5. The van der Waals surface area contributed by atoms with E-state index in [1.807, 2.05) is 0 Å². The first-order valence-corrected chi connectivity index (χ1v) is 5.21. The molecule has 1 aromatic rings. The first-order valence-electron chi connectivity index (χ1n) is 5.21. The summed E-state index contributed by atoms with van der Waals surface area (Å²) in [4.78, 5) is 0. The third-order valence-corrected chi connectivity index (χ3v) is 2.56. The molecule has 0 atom stereocenters. The zero-order chi connectivity index (χ0) is 14.3. The van der Waals surface area contributed by atoms with Crippen molar-refractivity contribution < 1.29 is 35.8 Å². The van der Waals surface area contributed by atoms with Gasteiger partial charge in [0.2, 0.25) is 0 Å². The number of benzene rings is 1. The third-order valence-electron chi connectivity index (χ3n) is 2.56. The fourth-order valence-corrected chi connectivity index (χ4v) is 1.72. The zero-order valence-corrected chi connectivity index (χ0v) is 9.31. The van der Waals surface area contributed by atoms with E-state index < -0.39 is 35.3 Å². The molecule has 0 saturated carbocycles. The topological polar surface area (TPSA) is 18.5 Å². The highest BCUT2D eigenvalue weighted by molar-refractivity contribution is 5.36. The van der Waals surface area contributed by atoms with Gasteiger partial charge in [0.15, 0.2) is 6.29 Å². The van der Waals surface area contributed by atoms with Crippen molar-refractivity contribution in [2.75, 3.05) is 13.2 Å². The van der Waals surface area contributed by atoms with Gasteiger partial charge in [0.1, 0.15) is 0 Å². The van der Waals surface area contributed by atoms with E-state index in [1.165, 1.54) is 0 Å².